The number of ether oxygens (including phenoxy) is 1. The topological polar surface area (TPSA) is 21.3 Å². The molecule has 0 aromatic carbocycles. The largest absolute Gasteiger partial charge is 0.375 e. The number of hydrogen-bond donors (Lipinski definition) is 1. The molecule has 3 heteroatoms. The van der Waals surface area contributed by atoms with Crippen molar-refractivity contribution < 1.29 is 4.74 Å². The van der Waals surface area contributed by atoms with Crippen LogP contribution in [-0.4, -0.2) is 18.8 Å². The summed E-state index contributed by atoms with van der Waals surface area (Å²) in [5, 5.41) is 5.89. The molecule has 1 N–H and O–H groups in total. The van der Waals surface area contributed by atoms with Crippen LogP contribution >= 0.6 is 11.3 Å². The number of aryl methyl sites for hydroxylation is 1. The summed E-state index contributed by atoms with van der Waals surface area (Å²) < 4.78 is 6.01. The predicted molar refractivity (Wildman–Crippen MR) is 71.5 cm³/mol. The zero-order valence-electron chi connectivity index (χ0n) is 10.6. The van der Waals surface area contributed by atoms with Crippen LogP contribution in [0.25, 0.3) is 0 Å². The minimum absolute atomic E-state index is 0.505. The lowest BCUT2D eigenvalue weighted by molar-refractivity contribution is 0.0860. The smallest absolute Gasteiger partial charge is 0.0627 e. The molecule has 2 bridgehead atoms. The molecule has 1 aromatic heterocycles. The van der Waals surface area contributed by atoms with Gasteiger partial charge >= 0.3 is 0 Å². The molecule has 4 atom stereocenters. The van der Waals surface area contributed by atoms with Gasteiger partial charge in [0.1, 0.15) is 0 Å². The molecule has 2 fully saturated rings. The standard InChI is InChI=1S/C14H21NOS/c1-3-15-13(14-9(2)6-7-17-14)11-8-10-4-5-12(11)16-10/h6-7,10-13,15H,3-5,8H2,1-2H3. The van der Waals surface area contributed by atoms with Crippen molar-refractivity contribution in [2.45, 2.75) is 51.4 Å². The number of rotatable bonds is 4. The summed E-state index contributed by atoms with van der Waals surface area (Å²) in [5.74, 6) is 0.686. The predicted octanol–water partition coefficient (Wildman–Crippen LogP) is 3.27. The van der Waals surface area contributed by atoms with Gasteiger partial charge in [-0.2, -0.15) is 0 Å². The van der Waals surface area contributed by atoms with E-state index in [1.165, 1.54) is 29.7 Å². The Labute approximate surface area is 107 Å². The van der Waals surface area contributed by atoms with Crippen LogP contribution in [0.15, 0.2) is 11.4 Å². The minimum Gasteiger partial charge on any atom is -0.375 e. The third-order valence-corrected chi connectivity index (χ3v) is 5.29. The second-order valence-electron chi connectivity index (χ2n) is 5.28. The molecule has 1 aromatic rings. The zero-order chi connectivity index (χ0) is 11.8. The molecule has 17 heavy (non-hydrogen) atoms. The first-order chi connectivity index (χ1) is 8.29. The Hall–Kier alpha value is -0.380. The monoisotopic (exact) mass is 251 g/mol. The molecule has 2 nitrogen and oxygen atoms in total. The first-order valence-electron chi connectivity index (χ1n) is 6.72. The van der Waals surface area contributed by atoms with Crippen LogP contribution in [-0.2, 0) is 4.74 Å². The van der Waals surface area contributed by atoms with Gasteiger partial charge in [-0.05, 0) is 49.7 Å². The molecule has 0 spiro atoms. The van der Waals surface area contributed by atoms with Gasteiger partial charge < -0.3 is 10.1 Å². The SMILES string of the molecule is CCNC(c1sccc1C)C1CC2CCC1O2. The van der Waals surface area contributed by atoms with E-state index in [9.17, 15) is 0 Å². The first-order valence-corrected chi connectivity index (χ1v) is 7.60. The number of fused-ring (bicyclic) bond motifs is 2. The van der Waals surface area contributed by atoms with Crippen LogP contribution in [0.4, 0.5) is 0 Å². The van der Waals surface area contributed by atoms with Crippen molar-refractivity contribution in [2.24, 2.45) is 5.92 Å². The van der Waals surface area contributed by atoms with Gasteiger partial charge in [-0.1, -0.05) is 6.92 Å². The summed E-state index contributed by atoms with van der Waals surface area (Å²) in [5.41, 5.74) is 1.43. The van der Waals surface area contributed by atoms with Crippen LogP contribution < -0.4 is 5.32 Å². The van der Waals surface area contributed by atoms with Crippen LogP contribution in [0.2, 0.25) is 0 Å². The van der Waals surface area contributed by atoms with E-state index in [0.717, 1.165) is 6.54 Å². The molecule has 3 rings (SSSR count). The molecule has 2 aliphatic rings. The molecule has 2 aliphatic heterocycles. The fourth-order valence-corrected chi connectivity index (χ4v) is 4.47. The number of hydrogen-bond acceptors (Lipinski definition) is 3. The van der Waals surface area contributed by atoms with E-state index in [2.05, 4.69) is 30.6 Å². The van der Waals surface area contributed by atoms with Crippen molar-refractivity contribution in [1.29, 1.82) is 0 Å². The Bertz CT molecular complexity index is 389. The van der Waals surface area contributed by atoms with E-state index in [0.29, 0.717) is 24.2 Å². The number of nitrogens with one attached hydrogen (secondary N) is 1. The van der Waals surface area contributed by atoms with Crippen LogP contribution in [0.3, 0.4) is 0 Å². The Morgan fingerprint density at radius 1 is 1.53 bits per heavy atom. The molecule has 0 aliphatic carbocycles. The molecule has 0 radical (unpaired) electrons. The maximum atomic E-state index is 6.01. The summed E-state index contributed by atoms with van der Waals surface area (Å²) in [4.78, 5) is 1.52. The highest BCUT2D eigenvalue weighted by Gasteiger charge is 2.45. The Morgan fingerprint density at radius 2 is 2.41 bits per heavy atom. The molecule has 94 valence electrons. The Kier molecular flexibility index (Phi) is 3.24. The lowest BCUT2D eigenvalue weighted by atomic mass is 9.82. The summed E-state index contributed by atoms with van der Waals surface area (Å²) in [6.07, 6.45) is 4.85. The Morgan fingerprint density at radius 3 is 2.94 bits per heavy atom. The van der Waals surface area contributed by atoms with Crippen LogP contribution in [0.5, 0.6) is 0 Å². The molecule has 3 heterocycles. The maximum absolute atomic E-state index is 6.01. The van der Waals surface area contributed by atoms with E-state index in [4.69, 9.17) is 4.74 Å². The van der Waals surface area contributed by atoms with Crippen molar-refractivity contribution in [3.63, 3.8) is 0 Å². The van der Waals surface area contributed by atoms with Crippen LogP contribution in [0.1, 0.15) is 42.7 Å². The molecule has 2 saturated heterocycles. The molecular formula is C14H21NOS. The van der Waals surface area contributed by atoms with Gasteiger partial charge in [-0.25, -0.2) is 0 Å². The second kappa shape index (κ2) is 4.71. The van der Waals surface area contributed by atoms with Crippen molar-refractivity contribution in [2.75, 3.05) is 6.54 Å². The van der Waals surface area contributed by atoms with Crippen molar-refractivity contribution in [3.05, 3.63) is 21.9 Å². The highest BCUT2D eigenvalue weighted by molar-refractivity contribution is 7.10. The van der Waals surface area contributed by atoms with Gasteiger partial charge in [0.2, 0.25) is 0 Å². The van der Waals surface area contributed by atoms with E-state index in [1.54, 1.807) is 0 Å². The average molecular weight is 251 g/mol. The second-order valence-corrected chi connectivity index (χ2v) is 6.22. The highest BCUT2D eigenvalue weighted by atomic mass is 32.1. The van der Waals surface area contributed by atoms with Gasteiger partial charge in [0.05, 0.1) is 12.2 Å². The summed E-state index contributed by atoms with van der Waals surface area (Å²) in [6.45, 7) is 5.46. The van der Waals surface area contributed by atoms with E-state index < -0.39 is 0 Å². The fourth-order valence-electron chi connectivity index (χ4n) is 3.39. The third kappa shape index (κ3) is 2.05. The van der Waals surface area contributed by atoms with E-state index in [-0.39, 0.29) is 0 Å². The summed E-state index contributed by atoms with van der Waals surface area (Å²) >= 11 is 1.89. The van der Waals surface area contributed by atoms with Gasteiger partial charge in [0.15, 0.2) is 0 Å². The quantitative estimate of drug-likeness (QED) is 0.886. The summed E-state index contributed by atoms with van der Waals surface area (Å²) in [6, 6.07) is 2.74. The third-order valence-electron chi connectivity index (χ3n) is 4.19. The molecular weight excluding hydrogens is 230 g/mol. The minimum atomic E-state index is 0.505. The van der Waals surface area contributed by atoms with Gasteiger partial charge in [0, 0.05) is 16.8 Å². The normalized spacial score (nSPS) is 33.2. The van der Waals surface area contributed by atoms with Gasteiger partial charge in [-0.3, -0.25) is 0 Å². The lowest BCUT2D eigenvalue weighted by Crippen LogP contribution is -2.33. The van der Waals surface area contributed by atoms with Crippen molar-refractivity contribution >= 4 is 11.3 Å². The lowest BCUT2D eigenvalue weighted by Gasteiger charge is -2.29. The average Bonchev–Trinajstić information content (AvgIpc) is 3.01. The molecule has 0 saturated carbocycles. The van der Waals surface area contributed by atoms with Gasteiger partial charge in [0.25, 0.3) is 0 Å². The zero-order valence-corrected chi connectivity index (χ0v) is 11.4. The van der Waals surface area contributed by atoms with Crippen molar-refractivity contribution in [1.82, 2.24) is 5.32 Å². The highest BCUT2D eigenvalue weighted by Crippen LogP contribution is 2.46. The van der Waals surface area contributed by atoms with Gasteiger partial charge in [-0.15, -0.1) is 11.3 Å². The van der Waals surface area contributed by atoms with E-state index >= 15 is 0 Å². The number of thiophene rings is 1. The first kappa shape index (κ1) is 11.7. The van der Waals surface area contributed by atoms with Crippen LogP contribution in [0, 0.1) is 12.8 Å². The molecule has 4 unspecified atom stereocenters. The fraction of sp³-hybridized carbons (Fsp3) is 0.714. The maximum Gasteiger partial charge on any atom is 0.0627 e. The Balaban J connectivity index is 1.83. The van der Waals surface area contributed by atoms with Crippen molar-refractivity contribution in [3.8, 4) is 0 Å². The molecule has 0 amide bonds. The summed E-state index contributed by atoms with van der Waals surface area (Å²) in [7, 11) is 0. The van der Waals surface area contributed by atoms with E-state index in [1.807, 2.05) is 11.3 Å².